The molecule has 0 amide bonds. The highest BCUT2D eigenvalue weighted by Crippen LogP contribution is 2.25. The Bertz CT molecular complexity index is 661. The highest BCUT2D eigenvalue weighted by atomic mass is 79.9. The first kappa shape index (κ1) is 15.9. The van der Waals surface area contributed by atoms with Crippen molar-refractivity contribution in [3.8, 4) is 0 Å². The zero-order valence-electron chi connectivity index (χ0n) is 11.2. The minimum absolute atomic E-state index is 0.0341. The Morgan fingerprint density at radius 3 is 2.85 bits per heavy atom. The molecule has 0 radical (unpaired) electrons. The van der Waals surface area contributed by atoms with E-state index in [-0.39, 0.29) is 11.1 Å². The predicted octanol–water partition coefficient (Wildman–Crippen LogP) is 3.49. The van der Waals surface area contributed by atoms with Crippen molar-refractivity contribution in [1.29, 1.82) is 0 Å². The van der Waals surface area contributed by atoms with Crippen LogP contribution in [0.15, 0.2) is 16.6 Å². The van der Waals surface area contributed by atoms with Crippen LogP contribution in [0.5, 0.6) is 0 Å². The van der Waals surface area contributed by atoms with E-state index in [1.54, 1.807) is 12.3 Å². The lowest BCUT2D eigenvalue weighted by Crippen LogP contribution is -2.19. The number of alkyl halides is 1. The molecular formula is C13H15BrClFN2OS. The van der Waals surface area contributed by atoms with Crippen molar-refractivity contribution in [2.45, 2.75) is 25.1 Å². The molecule has 1 aromatic heterocycles. The fourth-order valence-electron chi connectivity index (χ4n) is 2.01. The van der Waals surface area contributed by atoms with Crippen LogP contribution in [-0.2, 0) is 23.8 Å². The molecule has 0 aliphatic rings. The molecule has 2 unspecified atom stereocenters. The maximum atomic E-state index is 13.7. The van der Waals surface area contributed by atoms with Crippen LogP contribution >= 0.6 is 27.5 Å². The van der Waals surface area contributed by atoms with E-state index in [0.717, 1.165) is 5.82 Å². The lowest BCUT2D eigenvalue weighted by atomic mass is 10.3. The molecule has 2 atom stereocenters. The molecule has 2 aromatic rings. The number of halogens is 3. The monoisotopic (exact) mass is 380 g/mol. The second kappa shape index (κ2) is 6.54. The molecule has 1 heterocycles. The van der Waals surface area contributed by atoms with Crippen molar-refractivity contribution in [2.24, 2.45) is 0 Å². The Balaban J connectivity index is 2.55. The second-order valence-electron chi connectivity index (χ2n) is 4.64. The first-order chi connectivity index (χ1) is 9.43. The Hall–Kier alpha value is -0.460. The molecule has 7 heteroatoms. The number of hydrogen-bond donors (Lipinski definition) is 0. The van der Waals surface area contributed by atoms with Crippen LogP contribution in [0.3, 0.4) is 0 Å². The molecule has 0 saturated carbocycles. The zero-order chi connectivity index (χ0) is 14.9. The number of rotatable bonds is 5. The summed E-state index contributed by atoms with van der Waals surface area (Å²) in [5.74, 6) is 0.905. The molecule has 3 nitrogen and oxygen atoms in total. The average molecular weight is 382 g/mol. The largest absolute Gasteiger partial charge is 0.327 e. The van der Waals surface area contributed by atoms with Gasteiger partial charge in [0.25, 0.3) is 0 Å². The second-order valence-corrected chi connectivity index (χ2v) is 7.68. The van der Waals surface area contributed by atoms with Gasteiger partial charge >= 0.3 is 0 Å². The smallest absolute Gasteiger partial charge is 0.139 e. The molecule has 2 rings (SSSR count). The Morgan fingerprint density at radius 1 is 1.55 bits per heavy atom. The first-order valence-corrected chi connectivity index (χ1v) is 9.11. The maximum Gasteiger partial charge on any atom is 0.139 e. The summed E-state index contributed by atoms with van der Waals surface area (Å²) in [6.07, 6.45) is 2.26. The fraction of sp³-hybridized carbons (Fsp3) is 0.462. The average Bonchev–Trinajstić information content (AvgIpc) is 2.68. The quantitative estimate of drug-likeness (QED) is 0.743. The third kappa shape index (κ3) is 3.23. The number of aryl methyl sites for hydroxylation is 1. The minimum atomic E-state index is -0.944. The van der Waals surface area contributed by atoms with E-state index >= 15 is 0 Å². The molecule has 0 fully saturated rings. The van der Waals surface area contributed by atoms with Gasteiger partial charge in [-0.15, -0.1) is 11.6 Å². The van der Waals surface area contributed by atoms with Crippen molar-refractivity contribution in [2.75, 3.05) is 12.1 Å². The fourth-order valence-corrected chi connectivity index (χ4v) is 2.87. The van der Waals surface area contributed by atoms with Gasteiger partial charge in [0, 0.05) is 47.2 Å². The first-order valence-electron chi connectivity index (χ1n) is 6.16. The molecule has 110 valence electrons. The molecule has 20 heavy (non-hydrogen) atoms. The third-order valence-corrected chi connectivity index (χ3v) is 5.27. The van der Waals surface area contributed by atoms with Gasteiger partial charge < -0.3 is 4.57 Å². The van der Waals surface area contributed by atoms with E-state index in [9.17, 15) is 8.60 Å². The van der Waals surface area contributed by atoms with E-state index in [2.05, 4.69) is 20.9 Å². The molecule has 0 saturated heterocycles. The van der Waals surface area contributed by atoms with Crippen LogP contribution in [-0.4, -0.2) is 31.1 Å². The van der Waals surface area contributed by atoms with Gasteiger partial charge in [0.1, 0.15) is 11.6 Å². The van der Waals surface area contributed by atoms with Crippen LogP contribution in [0.25, 0.3) is 11.0 Å². The Morgan fingerprint density at radius 2 is 2.25 bits per heavy atom. The summed E-state index contributed by atoms with van der Waals surface area (Å²) in [6.45, 7) is 2.44. The number of aromatic nitrogens is 2. The molecule has 1 aromatic carbocycles. The molecule has 0 N–H and O–H groups in total. The van der Waals surface area contributed by atoms with E-state index in [0.29, 0.717) is 34.4 Å². The van der Waals surface area contributed by atoms with Gasteiger partial charge in [0.15, 0.2) is 0 Å². The van der Waals surface area contributed by atoms with Gasteiger partial charge in [0.2, 0.25) is 0 Å². The van der Waals surface area contributed by atoms with Gasteiger partial charge in [-0.2, -0.15) is 0 Å². The summed E-state index contributed by atoms with van der Waals surface area (Å²) in [5.41, 5.74) is 1.43. The summed E-state index contributed by atoms with van der Waals surface area (Å²) in [6, 6.07) is 3.11. The topological polar surface area (TPSA) is 34.9 Å². The maximum absolute atomic E-state index is 13.7. The van der Waals surface area contributed by atoms with Gasteiger partial charge in [-0.05, 0) is 28.9 Å². The highest BCUT2D eigenvalue weighted by molar-refractivity contribution is 9.10. The number of imidazole rings is 1. The van der Waals surface area contributed by atoms with Gasteiger partial charge in [-0.1, -0.05) is 0 Å². The van der Waals surface area contributed by atoms with Crippen molar-refractivity contribution in [3.63, 3.8) is 0 Å². The van der Waals surface area contributed by atoms with E-state index in [1.165, 1.54) is 6.07 Å². The summed E-state index contributed by atoms with van der Waals surface area (Å²) in [4.78, 5) is 4.50. The van der Waals surface area contributed by atoms with E-state index < -0.39 is 10.8 Å². The summed E-state index contributed by atoms with van der Waals surface area (Å²) < 4.78 is 27.6. The van der Waals surface area contributed by atoms with Crippen molar-refractivity contribution in [3.05, 3.63) is 28.2 Å². The van der Waals surface area contributed by atoms with Crippen molar-refractivity contribution in [1.82, 2.24) is 9.55 Å². The van der Waals surface area contributed by atoms with Crippen molar-refractivity contribution < 1.29 is 8.60 Å². The predicted molar refractivity (Wildman–Crippen MR) is 85.3 cm³/mol. The number of fused-ring (bicyclic) bond motifs is 1. The standard InChI is InChI=1S/C13H15BrClFN2OS/c1-8(20(2)19)7-18-12-6-10(16)9(14)5-11(12)17-13(18)3-4-15/h5-6,8H,3-4,7H2,1-2H3. The van der Waals surface area contributed by atoms with Crippen LogP contribution in [0.1, 0.15) is 12.7 Å². The Kier molecular flexibility index (Phi) is 5.20. The van der Waals surface area contributed by atoms with Crippen molar-refractivity contribution >= 4 is 49.4 Å². The lowest BCUT2D eigenvalue weighted by molar-refractivity contribution is 0.617. The van der Waals surface area contributed by atoms with E-state index in [1.807, 2.05) is 11.5 Å². The van der Waals surface area contributed by atoms with Gasteiger partial charge in [-0.3, -0.25) is 4.21 Å². The summed E-state index contributed by atoms with van der Waals surface area (Å²) >= 11 is 8.96. The molecule has 0 spiro atoms. The van der Waals surface area contributed by atoms with Gasteiger partial charge in [-0.25, -0.2) is 9.37 Å². The van der Waals surface area contributed by atoms with Crippen LogP contribution in [0.2, 0.25) is 0 Å². The molecule has 0 aliphatic heterocycles. The number of nitrogens with zero attached hydrogens (tertiary/aromatic N) is 2. The summed E-state index contributed by atoms with van der Waals surface area (Å²) in [7, 11) is -0.944. The van der Waals surface area contributed by atoms with E-state index in [4.69, 9.17) is 11.6 Å². The van der Waals surface area contributed by atoms with Crippen LogP contribution in [0.4, 0.5) is 4.39 Å². The van der Waals surface area contributed by atoms with Crippen LogP contribution < -0.4 is 0 Å². The molecular weight excluding hydrogens is 367 g/mol. The van der Waals surface area contributed by atoms with Gasteiger partial charge in [0.05, 0.1) is 15.5 Å². The highest BCUT2D eigenvalue weighted by Gasteiger charge is 2.16. The van der Waals surface area contributed by atoms with Crippen LogP contribution in [0, 0.1) is 5.82 Å². The normalized spacial score (nSPS) is 14.7. The zero-order valence-corrected chi connectivity index (χ0v) is 14.4. The number of hydrogen-bond acceptors (Lipinski definition) is 2. The molecule has 0 aliphatic carbocycles. The molecule has 0 bridgehead atoms. The minimum Gasteiger partial charge on any atom is -0.327 e. The SMILES string of the molecule is CC(Cn1c(CCCl)nc2cc(Br)c(F)cc21)S(C)=O. The number of benzene rings is 1. The Labute approximate surface area is 133 Å². The third-order valence-electron chi connectivity index (χ3n) is 3.19. The lowest BCUT2D eigenvalue weighted by Gasteiger charge is -2.13. The summed E-state index contributed by atoms with van der Waals surface area (Å²) in [5, 5.41) is -0.0341.